The molecule has 1 heterocycles. The minimum atomic E-state index is 0.895. The van der Waals surface area contributed by atoms with Crippen LogP contribution in [0.25, 0.3) is 12.2 Å². The molecule has 0 spiro atoms. The average Bonchev–Trinajstić information content (AvgIpc) is 2.63. The van der Waals surface area contributed by atoms with E-state index < -0.39 is 0 Å². The molecule has 1 N–H and O–H groups in total. The van der Waals surface area contributed by atoms with Gasteiger partial charge in [0.15, 0.2) is 0 Å². The van der Waals surface area contributed by atoms with Crippen LogP contribution in [0.5, 0.6) is 0 Å². The van der Waals surface area contributed by atoms with Crippen LogP contribution in [0, 0.1) is 6.92 Å². The third-order valence-corrected chi connectivity index (χ3v) is 1.96. The lowest BCUT2D eigenvalue weighted by molar-refractivity contribution is 1.22. The second-order valence-corrected chi connectivity index (χ2v) is 3.20. The summed E-state index contributed by atoms with van der Waals surface area (Å²) in [6.45, 7) is 1.99. The van der Waals surface area contributed by atoms with Gasteiger partial charge in [0.2, 0.25) is 0 Å². The van der Waals surface area contributed by atoms with E-state index in [2.05, 4.69) is 22.1 Å². The average molecular weight is 184 g/mol. The number of rotatable bonds is 2. The van der Waals surface area contributed by atoms with Crippen LogP contribution in [0.3, 0.4) is 0 Å². The van der Waals surface area contributed by atoms with Gasteiger partial charge in [0, 0.05) is 11.9 Å². The maximum atomic E-state index is 4.19. The summed E-state index contributed by atoms with van der Waals surface area (Å²) >= 11 is 0. The van der Waals surface area contributed by atoms with E-state index >= 15 is 0 Å². The topological polar surface area (TPSA) is 28.7 Å². The lowest BCUT2D eigenvalue weighted by atomic mass is 10.2. The van der Waals surface area contributed by atoms with Crippen molar-refractivity contribution < 1.29 is 0 Å². The van der Waals surface area contributed by atoms with E-state index in [0.29, 0.717) is 0 Å². The first kappa shape index (κ1) is 8.75. The molecule has 0 aliphatic rings. The molecule has 2 nitrogen and oxygen atoms in total. The van der Waals surface area contributed by atoms with Gasteiger partial charge in [0.25, 0.3) is 0 Å². The molecule has 0 saturated carbocycles. The summed E-state index contributed by atoms with van der Waals surface area (Å²) in [5.74, 6) is 0.895. The van der Waals surface area contributed by atoms with Gasteiger partial charge < -0.3 is 4.98 Å². The Bertz CT molecular complexity index is 427. The number of aryl methyl sites for hydroxylation is 1. The van der Waals surface area contributed by atoms with Crippen molar-refractivity contribution in [2.24, 2.45) is 0 Å². The number of nitrogens with one attached hydrogen (secondary N) is 1. The van der Waals surface area contributed by atoms with Crippen molar-refractivity contribution in [3.05, 3.63) is 53.6 Å². The molecular formula is C12H12N2. The van der Waals surface area contributed by atoms with E-state index in [1.54, 1.807) is 0 Å². The van der Waals surface area contributed by atoms with Gasteiger partial charge >= 0.3 is 0 Å². The highest BCUT2D eigenvalue weighted by atomic mass is 14.9. The smallest absolute Gasteiger partial charge is 0.130 e. The van der Waals surface area contributed by atoms with E-state index in [1.807, 2.05) is 43.5 Å². The number of imidazole rings is 1. The van der Waals surface area contributed by atoms with Gasteiger partial charge in [-0.25, -0.2) is 4.98 Å². The van der Waals surface area contributed by atoms with Gasteiger partial charge in [0.05, 0.1) is 0 Å². The second-order valence-electron chi connectivity index (χ2n) is 3.20. The SMILES string of the molecule is Cc1cnc(C=Cc2ccccc2)[nH]1. The van der Waals surface area contributed by atoms with Crippen LogP contribution in [-0.2, 0) is 0 Å². The molecule has 1 aromatic carbocycles. The van der Waals surface area contributed by atoms with E-state index in [-0.39, 0.29) is 0 Å². The van der Waals surface area contributed by atoms with Gasteiger partial charge in [-0.1, -0.05) is 36.4 Å². The predicted octanol–water partition coefficient (Wildman–Crippen LogP) is 2.89. The van der Waals surface area contributed by atoms with Crippen molar-refractivity contribution in [1.82, 2.24) is 9.97 Å². The summed E-state index contributed by atoms with van der Waals surface area (Å²) in [5.41, 5.74) is 2.26. The molecule has 70 valence electrons. The molecule has 2 heteroatoms. The lowest BCUT2D eigenvalue weighted by Crippen LogP contribution is -1.74. The summed E-state index contributed by atoms with van der Waals surface area (Å²) in [5, 5.41) is 0. The number of aromatic nitrogens is 2. The van der Waals surface area contributed by atoms with E-state index in [1.165, 1.54) is 5.56 Å². The molecule has 0 unspecified atom stereocenters. The fourth-order valence-corrected chi connectivity index (χ4v) is 1.26. The summed E-state index contributed by atoms with van der Waals surface area (Å²) in [7, 11) is 0. The van der Waals surface area contributed by atoms with Crippen molar-refractivity contribution >= 4 is 12.2 Å². The van der Waals surface area contributed by atoms with E-state index in [4.69, 9.17) is 0 Å². The largest absolute Gasteiger partial charge is 0.343 e. The van der Waals surface area contributed by atoms with Gasteiger partial charge in [-0.2, -0.15) is 0 Å². The van der Waals surface area contributed by atoms with Crippen LogP contribution in [0.15, 0.2) is 36.5 Å². The Balaban J connectivity index is 2.15. The highest BCUT2D eigenvalue weighted by Crippen LogP contribution is 2.04. The third kappa shape index (κ3) is 2.10. The molecule has 0 amide bonds. The fraction of sp³-hybridized carbons (Fsp3) is 0.0833. The first-order chi connectivity index (χ1) is 6.84. The zero-order chi connectivity index (χ0) is 9.80. The highest BCUT2D eigenvalue weighted by Gasteiger charge is 1.90. The first-order valence-electron chi connectivity index (χ1n) is 4.59. The standard InChI is InChI=1S/C12H12N2/c1-10-9-13-12(14-10)8-7-11-5-3-2-4-6-11/h2-9H,1H3,(H,13,14). The minimum absolute atomic E-state index is 0.895. The number of H-pyrrole nitrogens is 1. The maximum absolute atomic E-state index is 4.19. The summed E-state index contributed by atoms with van der Waals surface area (Å²) in [6, 6.07) is 10.2. The molecular weight excluding hydrogens is 172 g/mol. The number of nitrogens with zero attached hydrogens (tertiary/aromatic N) is 1. The van der Waals surface area contributed by atoms with Crippen molar-refractivity contribution in [2.75, 3.05) is 0 Å². The number of hydrogen-bond acceptors (Lipinski definition) is 1. The molecule has 0 bridgehead atoms. The molecule has 1 aromatic heterocycles. The molecule has 0 aliphatic carbocycles. The number of aromatic amines is 1. The Morgan fingerprint density at radius 3 is 2.57 bits per heavy atom. The van der Waals surface area contributed by atoms with Crippen LogP contribution >= 0.6 is 0 Å². The van der Waals surface area contributed by atoms with Crippen LogP contribution in [-0.4, -0.2) is 9.97 Å². The van der Waals surface area contributed by atoms with Crippen LogP contribution < -0.4 is 0 Å². The Labute approximate surface area is 83.3 Å². The fourth-order valence-electron chi connectivity index (χ4n) is 1.26. The predicted molar refractivity (Wildman–Crippen MR) is 58.7 cm³/mol. The molecule has 2 aromatic rings. The van der Waals surface area contributed by atoms with Crippen molar-refractivity contribution in [3.63, 3.8) is 0 Å². The number of benzene rings is 1. The van der Waals surface area contributed by atoms with Crippen molar-refractivity contribution in [1.29, 1.82) is 0 Å². The zero-order valence-corrected chi connectivity index (χ0v) is 8.07. The molecule has 0 atom stereocenters. The molecule has 0 radical (unpaired) electrons. The Morgan fingerprint density at radius 2 is 1.93 bits per heavy atom. The van der Waals surface area contributed by atoms with Gasteiger partial charge in [-0.05, 0) is 18.6 Å². The highest BCUT2D eigenvalue weighted by molar-refractivity contribution is 5.66. The summed E-state index contributed by atoms with van der Waals surface area (Å²) in [4.78, 5) is 7.34. The van der Waals surface area contributed by atoms with Crippen molar-refractivity contribution in [2.45, 2.75) is 6.92 Å². The number of hydrogen-bond donors (Lipinski definition) is 1. The molecule has 14 heavy (non-hydrogen) atoms. The van der Waals surface area contributed by atoms with Crippen molar-refractivity contribution in [3.8, 4) is 0 Å². The van der Waals surface area contributed by atoms with Gasteiger partial charge in [0.1, 0.15) is 5.82 Å². The van der Waals surface area contributed by atoms with Gasteiger partial charge in [-0.15, -0.1) is 0 Å². The Kier molecular flexibility index (Phi) is 2.45. The zero-order valence-electron chi connectivity index (χ0n) is 8.07. The minimum Gasteiger partial charge on any atom is -0.343 e. The summed E-state index contributed by atoms with van der Waals surface area (Å²) in [6.07, 6.45) is 5.84. The first-order valence-corrected chi connectivity index (χ1v) is 4.59. The van der Waals surface area contributed by atoms with E-state index in [9.17, 15) is 0 Å². The van der Waals surface area contributed by atoms with Crippen LogP contribution in [0.2, 0.25) is 0 Å². The van der Waals surface area contributed by atoms with Crippen LogP contribution in [0.4, 0.5) is 0 Å². The molecule has 0 fully saturated rings. The second kappa shape index (κ2) is 3.92. The lowest BCUT2D eigenvalue weighted by Gasteiger charge is -1.89. The molecule has 0 saturated heterocycles. The summed E-state index contributed by atoms with van der Waals surface area (Å²) < 4.78 is 0. The van der Waals surface area contributed by atoms with Gasteiger partial charge in [-0.3, -0.25) is 0 Å². The monoisotopic (exact) mass is 184 g/mol. The Morgan fingerprint density at radius 1 is 1.14 bits per heavy atom. The Hall–Kier alpha value is -1.83. The quantitative estimate of drug-likeness (QED) is 0.763. The molecule has 0 aliphatic heterocycles. The normalized spacial score (nSPS) is 10.9. The maximum Gasteiger partial charge on any atom is 0.130 e. The molecule has 2 rings (SSSR count). The third-order valence-electron chi connectivity index (χ3n) is 1.96. The van der Waals surface area contributed by atoms with E-state index in [0.717, 1.165) is 11.5 Å². The van der Waals surface area contributed by atoms with Crippen LogP contribution in [0.1, 0.15) is 17.1 Å².